The van der Waals surface area contributed by atoms with Crippen LogP contribution in [0.15, 0.2) is 0 Å². The van der Waals surface area contributed by atoms with Crippen molar-refractivity contribution in [3.63, 3.8) is 0 Å². The van der Waals surface area contributed by atoms with Crippen LogP contribution in [0, 0.1) is 0 Å². The highest BCUT2D eigenvalue weighted by atomic mass is 16.6. The summed E-state index contributed by atoms with van der Waals surface area (Å²) in [5.74, 6) is -0.439. The lowest BCUT2D eigenvalue weighted by Gasteiger charge is -2.17. The molecule has 5 heteroatoms. The number of likely N-dealkylation sites (tertiary alicyclic amines) is 1. The molecule has 1 aliphatic rings. The Balaban J connectivity index is 2.16. The molecule has 0 spiro atoms. The highest BCUT2D eigenvalue weighted by Crippen LogP contribution is 2.10. The molecule has 0 aliphatic carbocycles. The molecule has 5 nitrogen and oxygen atoms in total. The van der Waals surface area contributed by atoms with Gasteiger partial charge in [0.1, 0.15) is 6.61 Å². The predicted molar refractivity (Wildman–Crippen MR) is 58.0 cm³/mol. The number of amides is 1. The first-order chi connectivity index (χ1) is 7.22. The van der Waals surface area contributed by atoms with E-state index in [1.165, 1.54) is 6.42 Å². The second-order valence-corrected chi connectivity index (χ2v) is 3.93. The van der Waals surface area contributed by atoms with Gasteiger partial charge in [0.25, 0.3) is 0 Å². The summed E-state index contributed by atoms with van der Waals surface area (Å²) in [7, 11) is 0. The van der Waals surface area contributed by atoms with Gasteiger partial charge in [-0.15, -0.1) is 0 Å². The zero-order valence-corrected chi connectivity index (χ0v) is 9.37. The van der Waals surface area contributed by atoms with Crippen LogP contribution in [0.2, 0.25) is 0 Å². The predicted octanol–water partition coefficient (Wildman–Crippen LogP) is -0.133. The molecule has 0 saturated carbocycles. The van der Waals surface area contributed by atoms with Crippen LogP contribution in [-0.2, 0) is 9.63 Å². The number of nitrogens with two attached hydrogens (primary N) is 1. The second kappa shape index (κ2) is 6.76. The van der Waals surface area contributed by atoms with E-state index >= 15 is 0 Å². The molecule has 1 aliphatic heterocycles. The summed E-state index contributed by atoms with van der Waals surface area (Å²) in [5.41, 5.74) is 7.88. The number of nitrogens with zero attached hydrogens (tertiary/aromatic N) is 1. The average Bonchev–Trinajstić information content (AvgIpc) is 2.42. The Morgan fingerprint density at radius 2 is 2.33 bits per heavy atom. The van der Waals surface area contributed by atoms with Crippen molar-refractivity contribution in [1.82, 2.24) is 10.4 Å². The van der Waals surface area contributed by atoms with Gasteiger partial charge in [-0.25, -0.2) is 0 Å². The maximum absolute atomic E-state index is 10.5. The van der Waals surface area contributed by atoms with Crippen LogP contribution >= 0.6 is 0 Å². The fourth-order valence-corrected chi connectivity index (χ4v) is 1.82. The Kier molecular flexibility index (Phi) is 5.60. The number of carbonyl (C=O) groups is 1. The van der Waals surface area contributed by atoms with Crippen molar-refractivity contribution in [2.75, 3.05) is 26.2 Å². The second-order valence-electron chi connectivity index (χ2n) is 3.93. The minimum Gasteiger partial charge on any atom is -0.368 e. The molecule has 0 bridgehead atoms. The summed E-state index contributed by atoms with van der Waals surface area (Å²) < 4.78 is 0. The Hall–Kier alpha value is -0.650. The Bertz CT molecular complexity index is 199. The average molecular weight is 215 g/mol. The van der Waals surface area contributed by atoms with E-state index < -0.39 is 5.91 Å². The lowest BCUT2D eigenvalue weighted by Crippen LogP contribution is -2.33. The van der Waals surface area contributed by atoms with Gasteiger partial charge in [-0.1, -0.05) is 6.92 Å². The number of rotatable bonds is 5. The van der Waals surface area contributed by atoms with Crippen molar-refractivity contribution < 1.29 is 9.63 Å². The van der Waals surface area contributed by atoms with E-state index in [0.29, 0.717) is 6.04 Å². The number of primary amides is 1. The first kappa shape index (κ1) is 12.4. The molecule has 0 radical (unpaired) electrons. The number of nitrogens with one attached hydrogen (secondary N) is 1. The van der Waals surface area contributed by atoms with Gasteiger partial charge >= 0.3 is 0 Å². The summed E-state index contributed by atoms with van der Waals surface area (Å²) >= 11 is 0. The van der Waals surface area contributed by atoms with Gasteiger partial charge in [0.15, 0.2) is 0 Å². The van der Waals surface area contributed by atoms with Crippen LogP contribution in [0.5, 0.6) is 0 Å². The van der Waals surface area contributed by atoms with Gasteiger partial charge in [0.2, 0.25) is 5.91 Å². The zero-order valence-electron chi connectivity index (χ0n) is 9.37. The minimum atomic E-state index is -0.439. The third-order valence-corrected chi connectivity index (χ3v) is 2.73. The van der Waals surface area contributed by atoms with Crippen LogP contribution in [0.3, 0.4) is 0 Å². The molecule has 15 heavy (non-hydrogen) atoms. The largest absolute Gasteiger partial charge is 0.368 e. The van der Waals surface area contributed by atoms with Crippen LogP contribution in [0.4, 0.5) is 0 Å². The molecular formula is C10H21N3O2. The molecule has 1 saturated heterocycles. The molecule has 1 rings (SSSR count). The SMILES string of the molecule is CCN1CCCC(NOCC(N)=O)CC1. The Morgan fingerprint density at radius 3 is 3.00 bits per heavy atom. The molecule has 3 N–H and O–H groups in total. The van der Waals surface area contributed by atoms with E-state index in [0.717, 1.165) is 32.5 Å². The monoisotopic (exact) mass is 215 g/mol. The first-order valence-corrected chi connectivity index (χ1v) is 5.60. The van der Waals surface area contributed by atoms with E-state index in [-0.39, 0.29) is 6.61 Å². The van der Waals surface area contributed by atoms with Gasteiger partial charge in [-0.2, -0.15) is 5.48 Å². The Morgan fingerprint density at radius 1 is 1.53 bits per heavy atom. The maximum atomic E-state index is 10.5. The fraction of sp³-hybridized carbons (Fsp3) is 0.900. The summed E-state index contributed by atoms with van der Waals surface area (Å²) in [5, 5.41) is 0. The number of carbonyl (C=O) groups excluding carboxylic acids is 1. The third kappa shape index (κ3) is 5.11. The maximum Gasteiger partial charge on any atom is 0.245 e. The fourth-order valence-electron chi connectivity index (χ4n) is 1.82. The molecule has 0 aromatic carbocycles. The van der Waals surface area contributed by atoms with Crippen molar-refractivity contribution in [3.05, 3.63) is 0 Å². The van der Waals surface area contributed by atoms with E-state index in [2.05, 4.69) is 17.3 Å². The molecule has 1 fully saturated rings. The van der Waals surface area contributed by atoms with Gasteiger partial charge < -0.3 is 10.6 Å². The van der Waals surface area contributed by atoms with Crippen LogP contribution in [0.25, 0.3) is 0 Å². The summed E-state index contributed by atoms with van der Waals surface area (Å²) in [6.07, 6.45) is 3.33. The van der Waals surface area contributed by atoms with Gasteiger partial charge in [0, 0.05) is 6.04 Å². The quantitative estimate of drug-likeness (QED) is 0.627. The lowest BCUT2D eigenvalue weighted by molar-refractivity contribution is -0.126. The molecule has 88 valence electrons. The Labute approximate surface area is 90.9 Å². The topological polar surface area (TPSA) is 67.6 Å². The summed E-state index contributed by atoms with van der Waals surface area (Å²) in [4.78, 5) is 17.9. The third-order valence-electron chi connectivity index (χ3n) is 2.73. The number of hydrogen-bond donors (Lipinski definition) is 2. The van der Waals surface area contributed by atoms with Crippen molar-refractivity contribution in [3.8, 4) is 0 Å². The minimum absolute atomic E-state index is 0.0476. The van der Waals surface area contributed by atoms with Crippen molar-refractivity contribution >= 4 is 5.91 Å². The molecule has 0 aromatic heterocycles. The normalized spacial score (nSPS) is 23.7. The standard InChI is InChI=1S/C10H21N3O2/c1-2-13-6-3-4-9(5-7-13)12-15-8-10(11)14/h9,12H,2-8H2,1H3,(H2,11,14). The van der Waals surface area contributed by atoms with Gasteiger partial charge in [0.05, 0.1) is 0 Å². The summed E-state index contributed by atoms with van der Waals surface area (Å²) in [6.45, 7) is 5.48. The molecule has 1 heterocycles. The number of hydrogen-bond acceptors (Lipinski definition) is 4. The molecule has 1 amide bonds. The lowest BCUT2D eigenvalue weighted by atomic mass is 10.1. The highest BCUT2D eigenvalue weighted by molar-refractivity contribution is 5.74. The van der Waals surface area contributed by atoms with E-state index in [9.17, 15) is 4.79 Å². The van der Waals surface area contributed by atoms with Crippen molar-refractivity contribution in [1.29, 1.82) is 0 Å². The molecule has 1 unspecified atom stereocenters. The van der Waals surface area contributed by atoms with Crippen molar-refractivity contribution in [2.24, 2.45) is 5.73 Å². The van der Waals surface area contributed by atoms with Crippen LogP contribution < -0.4 is 11.2 Å². The van der Waals surface area contributed by atoms with E-state index in [1.807, 2.05) is 0 Å². The molecular weight excluding hydrogens is 194 g/mol. The number of hydroxylamine groups is 1. The van der Waals surface area contributed by atoms with Crippen LogP contribution in [0.1, 0.15) is 26.2 Å². The first-order valence-electron chi connectivity index (χ1n) is 5.60. The highest BCUT2D eigenvalue weighted by Gasteiger charge is 2.15. The van der Waals surface area contributed by atoms with E-state index in [4.69, 9.17) is 10.6 Å². The van der Waals surface area contributed by atoms with Gasteiger partial charge in [-0.3, -0.25) is 9.63 Å². The van der Waals surface area contributed by atoms with E-state index in [1.54, 1.807) is 0 Å². The zero-order chi connectivity index (χ0) is 11.1. The van der Waals surface area contributed by atoms with Crippen molar-refractivity contribution in [2.45, 2.75) is 32.2 Å². The molecule has 1 atom stereocenters. The smallest absolute Gasteiger partial charge is 0.245 e. The molecule has 0 aromatic rings. The summed E-state index contributed by atoms with van der Waals surface area (Å²) in [6, 6.07) is 0.348. The van der Waals surface area contributed by atoms with Gasteiger partial charge in [-0.05, 0) is 38.9 Å². The van der Waals surface area contributed by atoms with Crippen LogP contribution in [-0.4, -0.2) is 43.1 Å².